The van der Waals surface area contributed by atoms with Gasteiger partial charge in [0.15, 0.2) is 0 Å². The van der Waals surface area contributed by atoms with E-state index < -0.39 is 0 Å². The summed E-state index contributed by atoms with van der Waals surface area (Å²) in [4.78, 5) is 14.7. The van der Waals surface area contributed by atoms with Gasteiger partial charge in [0.05, 0.1) is 0 Å². The third-order valence-electron chi connectivity index (χ3n) is 1.92. The summed E-state index contributed by atoms with van der Waals surface area (Å²) in [6, 6.07) is 2.07. The van der Waals surface area contributed by atoms with E-state index in [1.165, 1.54) is 0 Å². The van der Waals surface area contributed by atoms with Gasteiger partial charge in [-0.15, -0.1) is 0 Å². The summed E-state index contributed by atoms with van der Waals surface area (Å²) in [5, 5.41) is 3.20. The van der Waals surface area contributed by atoms with Gasteiger partial charge in [-0.1, -0.05) is 0 Å². The highest BCUT2D eigenvalue weighted by Crippen LogP contribution is 2.09. The number of nitrogens with two attached hydrogens (primary N) is 1. The predicted molar refractivity (Wildman–Crippen MR) is 62.1 cm³/mol. The summed E-state index contributed by atoms with van der Waals surface area (Å²) in [6.07, 6.45) is 3.87. The van der Waals surface area contributed by atoms with Crippen molar-refractivity contribution >= 4 is 21.8 Å². The maximum absolute atomic E-state index is 10.6. The predicted octanol–water partition coefficient (Wildman–Crippen LogP) is 1.20. The molecule has 1 heterocycles. The van der Waals surface area contributed by atoms with E-state index in [0.29, 0.717) is 13.0 Å². The van der Waals surface area contributed by atoms with Crippen molar-refractivity contribution < 1.29 is 4.79 Å². The molecule has 1 rings (SSSR count). The molecular weight excluding hydrogens is 258 g/mol. The average Bonchev–Trinajstić information content (AvgIpc) is 2.14. The van der Waals surface area contributed by atoms with E-state index in [4.69, 9.17) is 5.73 Å². The minimum Gasteiger partial charge on any atom is -0.370 e. The Kier molecular flexibility index (Phi) is 4.71. The van der Waals surface area contributed by atoms with Crippen LogP contribution in [0.15, 0.2) is 22.9 Å². The minimum atomic E-state index is -0.289. The van der Waals surface area contributed by atoms with Crippen molar-refractivity contribution in [3.8, 4) is 0 Å². The van der Waals surface area contributed by atoms with Gasteiger partial charge in [-0.25, -0.2) is 0 Å². The first kappa shape index (κ1) is 12.1. The molecule has 0 radical (unpaired) electrons. The molecule has 1 aromatic heterocycles. The molecule has 1 amide bonds. The topological polar surface area (TPSA) is 68.0 Å². The fourth-order valence-electron chi connectivity index (χ4n) is 1.22. The first-order valence-electron chi connectivity index (χ1n) is 4.69. The fourth-order valence-corrected chi connectivity index (χ4v) is 1.63. The molecule has 0 fully saturated rings. The highest BCUT2D eigenvalue weighted by atomic mass is 79.9. The van der Waals surface area contributed by atoms with Crippen molar-refractivity contribution in [3.63, 3.8) is 0 Å². The molecule has 0 saturated heterocycles. The number of pyridine rings is 1. The summed E-state index contributed by atoms with van der Waals surface area (Å²) in [6.45, 7) is 2.61. The van der Waals surface area contributed by atoms with Crippen LogP contribution in [-0.4, -0.2) is 16.9 Å². The Bertz CT molecular complexity index is 343. The lowest BCUT2D eigenvalue weighted by Crippen LogP contribution is -2.30. The van der Waals surface area contributed by atoms with E-state index in [9.17, 15) is 4.79 Å². The number of hydrogen-bond donors (Lipinski definition) is 2. The van der Waals surface area contributed by atoms with Crippen LogP contribution in [0.5, 0.6) is 0 Å². The summed E-state index contributed by atoms with van der Waals surface area (Å²) in [5.41, 5.74) is 6.16. The van der Waals surface area contributed by atoms with E-state index in [1.54, 1.807) is 12.4 Å². The Morgan fingerprint density at radius 3 is 3.00 bits per heavy atom. The smallest absolute Gasteiger partial charge is 0.218 e. The molecule has 0 aliphatic heterocycles. The molecule has 1 aromatic rings. The SMILES string of the molecule is CC(CC(N)=O)NCc1cncc(Br)c1. The number of nitrogens with zero attached hydrogens (tertiary/aromatic N) is 1. The van der Waals surface area contributed by atoms with Crippen molar-refractivity contribution in [2.45, 2.75) is 25.9 Å². The summed E-state index contributed by atoms with van der Waals surface area (Å²) < 4.78 is 0.948. The molecule has 0 aliphatic carbocycles. The number of hydrogen-bond acceptors (Lipinski definition) is 3. The molecular formula is C10H14BrN3O. The molecule has 5 heteroatoms. The first-order chi connectivity index (χ1) is 7.08. The second kappa shape index (κ2) is 5.82. The van der Waals surface area contributed by atoms with Crippen molar-refractivity contribution in [3.05, 3.63) is 28.5 Å². The van der Waals surface area contributed by atoms with E-state index in [0.717, 1.165) is 10.0 Å². The van der Waals surface area contributed by atoms with Crippen LogP contribution in [0.2, 0.25) is 0 Å². The Balaban J connectivity index is 2.40. The number of halogens is 1. The van der Waals surface area contributed by atoms with Gasteiger partial charge in [-0.2, -0.15) is 0 Å². The van der Waals surface area contributed by atoms with Gasteiger partial charge < -0.3 is 11.1 Å². The van der Waals surface area contributed by atoms with Crippen LogP contribution in [0, 0.1) is 0 Å². The third kappa shape index (κ3) is 4.90. The largest absolute Gasteiger partial charge is 0.370 e. The quantitative estimate of drug-likeness (QED) is 0.846. The van der Waals surface area contributed by atoms with E-state index in [-0.39, 0.29) is 11.9 Å². The normalized spacial score (nSPS) is 12.4. The number of nitrogens with one attached hydrogen (secondary N) is 1. The lowest BCUT2D eigenvalue weighted by molar-refractivity contribution is -0.118. The molecule has 0 bridgehead atoms. The van der Waals surface area contributed by atoms with E-state index in [2.05, 4.69) is 26.2 Å². The zero-order chi connectivity index (χ0) is 11.3. The van der Waals surface area contributed by atoms with Crippen LogP contribution in [0.3, 0.4) is 0 Å². The van der Waals surface area contributed by atoms with Crippen LogP contribution in [-0.2, 0) is 11.3 Å². The number of carbonyl (C=O) groups is 1. The molecule has 82 valence electrons. The molecule has 0 saturated carbocycles. The molecule has 3 N–H and O–H groups in total. The highest BCUT2D eigenvalue weighted by Gasteiger charge is 2.05. The van der Waals surface area contributed by atoms with Gasteiger partial charge >= 0.3 is 0 Å². The third-order valence-corrected chi connectivity index (χ3v) is 2.36. The second-order valence-corrected chi connectivity index (χ2v) is 4.38. The van der Waals surface area contributed by atoms with Crippen LogP contribution >= 0.6 is 15.9 Å². The summed E-state index contributed by atoms with van der Waals surface area (Å²) in [5.74, 6) is -0.289. The lowest BCUT2D eigenvalue weighted by Gasteiger charge is -2.11. The Morgan fingerprint density at radius 2 is 2.40 bits per heavy atom. The number of aromatic nitrogens is 1. The van der Waals surface area contributed by atoms with Crippen LogP contribution in [0.25, 0.3) is 0 Å². The van der Waals surface area contributed by atoms with Gasteiger partial charge in [-0.3, -0.25) is 9.78 Å². The monoisotopic (exact) mass is 271 g/mol. The highest BCUT2D eigenvalue weighted by molar-refractivity contribution is 9.10. The zero-order valence-electron chi connectivity index (χ0n) is 8.53. The first-order valence-corrected chi connectivity index (χ1v) is 5.48. The van der Waals surface area contributed by atoms with Gasteiger partial charge in [0.25, 0.3) is 0 Å². The average molecular weight is 272 g/mol. The maximum atomic E-state index is 10.6. The minimum absolute atomic E-state index is 0.0847. The van der Waals surface area contributed by atoms with Crippen molar-refractivity contribution in [1.82, 2.24) is 10.3 Å². The second-order valence-electron chi connectivity index (χ2n) is 3.46. The number of rotatable bonds is 5. The number of amides is 1. The van der Waals surface area contributed by atoms with Crippen molar-refractivity contribution in [2.75, 3.05) is 0 Å². The standard InChI is InChI=1S/C10H14BrN3O/c1-7(2-10(12)15)14-5-8-3-9(11)6-13-4-8/h3-4,6-7,14H,2,5H2,1H3,(H2,12,15). The Labute approximate surface area is 97.4 Å². The summed E-state index contributed by atoms with van der Waals surface area (Å²) >= 11 is 3.35. The van der Waals surface area contributed by atoms with Crippen molar-refractivity contribution in [2.24, 2.45) is 5.73 Å². The van der Waals surface area contributed by atoms with Gasteiger partial charge in [0, 0.05) is 35.9 Å². The molecule has 0 aliphatic rings. The van der Waals surface area contributed by atoms with Crippen LogP contribution < -0.4 is 11.1 Å². The molecule has 15 heavy (non-hydrogen) atoms. The Morgan fingerprint density at radius 1 is 1.67 bits per heavy atom. The van der Waals surface area contributed by atoms with Gasteiger partial charge in [0.2, 0.25) is 5.91 Å². The maximum Gasteiger partial charge on any atom is 0.218 e. The van der Waals surface area contributed by atoms with Crippen LogP contribution in [0.1, 0.15) is 18.9 Å². The lowest BCUT2D eigenvalue weighted by atomic mass is 10.2. The number of carbonyl (C=O) groups excluding carboxylic acids is 1. The zero-order valence-corrected chi connectivity index (χ0v) is 10.1. The molecule has 4 nitrogen and oxygen atoms in total. The molecule has 0 aromatic carbocycles. The van der Waals surface area contributed by atoms with Crippen molar-refractivity contribution in [1.29, 1.82) is 0 Å². The van der Waals surface area contributed by atoms with E-state index in [1.807, 2.05) is 13.0 Å². The molecule has 1 unspecified atom stereocenters. The molecule has 1 atom stereocenters. The van der Waals surface area contributed by atoms with Gasteiger partial charge in [-0.05, 0) is 34.5 Å². The van der Waals surface area contributed by atoms with Gasteiger partial charge in [0.1, 0.15) is 0 Å². The summed E-state index contributed by atoms with van der Waals surface area (Å²) in [7, 11) is 0. The van der Waals surface area contributed by atoms with Crippen LogP contribution in [0.4, 0.5) is 0 Å². The fraction of sp³-hybridized carbons (Fsp3) is 0.400. The Hall–Kier alpha value is -0.940. The molecule has 0 spiro atoms. The van der Waals surface area contributed by atoms with E-state index >= 15 is 0 Å². The number of primary amides is 1.